The minimum Gasteiger partial charge on any atom is -0.493 e. The maximum atomic E-state index is 12.6. The summed E-state index contributed by atoms with van der Waals surface area (Å²) in [5.74, 6) is 0.570. The molecular formula is C34H36N6O8. The van der Waals surface area contributed by atoms with Crippen LogP contribution in [0.25, 0.3) is 11.4 Å². The predicted molar refractivity (Wildman–Crippen MR) is 176 cm³/mol. The van der Waals surface area contributed by atoms with E-state index in [0.717, 1.165) is 0 Å². The van der Waals surface area contributed by atoms with Gasteiger partial charge in [-0.15, -0.1) is 0 Å². The second-order valence-electron chi connectivity index (χ2n) is 10.0. The number of carbonyl (C=O) groups is 4. The van der Waals surface area contributed by atoms with Crippen LogP contribution in [0.15, 0.2) is 73.1 Å². The van der Waals surface area contributed by atoms with Crippen molar-refractivity contribution < 1.29 is 38.1 Å². The Labute approximate surface area is 277 Å². The zero-order valence-electron chi connectivity index (χ0n) is 26.9. The Morgan fingerprint density at radius 2 is 0.771 bits per heavy atom. The van der Waals surface area contributed by atoms with Crippen molar-refractivity contribution in [3.8, 4) is 34.4 Å². The molecule has 0 bridgehead atoms. The van der Waals surface area contributed by atoms with Gasteiger partial charge in [-0.1, -0.05) is 0 Å². The minimum absolute atomic E-state index is 0.203. The molecule has 250 valence electrons. The fourth-order valence-corrected chi connectivity index (χ4v) is 4.43. The first-order chi connectivity index (χ1) is 23.3. The third-order valence-electron chi connectivity index (χ3n) is 7.00. The van der Waals surface area contributed by atoms with E-state index < -0.39 is 0 Å². The smallest absolute Gasteiger partial charge is 0.252 e. The molecule has 4 aromatic rings. The van der Waals surface area contributed by atoms with Crippen LogP contribution in [0.4, 0.5) is 0 Å². The molecule has 4 amide bonds. The Bertz CT molecular complexity index is 1620. The van der Waals surface area contributed by atoms with E-state index in [-0.39, 0.29) is 49.8 Å². The summed E-state index contributed by atoms with van der Waals surface area (Å²) >= 11 is 0. The molecule has 2 heterocycles. The molecule has 0 aliphatic carbocycles. The van der Waals surface area contributed by atoms with Gasteiger partial charge in [0.1, 0.15) is 0 Å². The molecule has 0 saturated carbocycles. The van der Waals surface area contributed by atoms with E-state index in [2.05, 4.69) is 31.2 Å². The molecule has 0 spiro atoms. The first-order valence-corrected chi connectivity index (χ1v) is 14.8. The van der Waals surface area contributed by atoms with E-state index in [0.29, 0.717) is 56.6 Å². The van der Waals surface area contributed by atoms with Gasteiger partial charge in [0, 0.05) is 49.7 Å². The number of nitrogens with zero attached hydrogens (tertiary/aromatic N) is 2. The monoisotopic (exact) mass is 656 g/mol. The van der Waals surface area contributed by atoms with E-state index in [9.17, 15) is 19.2 Å². The molecule has 0 saturated heterocycles. The molecule has 0 unspecified atom stereocenters. The highest BCUT2D eigenvalue weighted by molar-refractivity contribution is 5.96. The second kappa shape index (κ2) is 16.9. The Hall–Kier alpha value is -6.18. The number of aromatic nitrogens is 2. The van der Waals surface area contributed by atoms with E-state index >= 15 is 0 Å². The number of pyridine rings is 2. The lowest BCUT2D eigenvalue weighted by atomic mass is 10.1. The third-order valence-corrected chi connectivity index (χ3v) is 7.00. The normalized spacial score (nSPS) is 10.3. The summed E-state index contributed by atoms with van der Waals surface area (Å²) in [7, 11) is 6.00. The zero-order valence-corrected chi connectivity index (χ0v) is 26.9. The van der Waals surface area contributed by atoms with E-state index in [1.54, 1.807) is 60.7 Å². The van der Waals surface area contributed by atoms with E-state index in [4.69, 9.17) is 18.9 Å². The predicted octanol–water partition coefficient (Wildman–Crippen LogP) is 2.50. The lowest BCUT2D eigenvalue weighted by Gasteiger charge is -2.11. The first kappa shape index (κ1) is 34.7. The van der Waals surface area contributed by atoms with Gasteiger partial charge in [-0.3, -0.25) is 29.1 Å². The summed E-state index contributed by atoms with van der Waals surface area (Å²) in [4.78, 5) is 58.6. The average Bonchev–Trinajstić information content (AvgIpc) is 3.14. The summed E-state index contributed by atoms with van der Waals surface area (Å²) in [5, 5.41) is 11.0. The number of hydrogen-bond donors (Lipinski definition) is 4. The standard InChI is InChI=1S/C34H36N6O8/c1-45-27-11-7-21(17-29(27)47-3)31(41)35-13-15-37-33(43)23-5-9-25(39-19-23)26-10-6-24(20-40-26)34(44)38-16-14-36-32(42)22-8-12-28(46-2)30(18-22)48-4/h5-12,17-20H,13-16H2,1-4H3,(H,35,41)(H,36,42)(H,37,43)(H,38,44). The molecule has 0 radical (unpaired) electrons. The van der Waals surface area contributed by atoms with Gasteiger partial charge in [-0.2, -0.15) is 0 Å². The van der Waals surface area contributed by atoms with Gasteiger partial charge in [0.15, 0.2) is 23.0 Å². The number of nitrogens with one attached hydrogen (secondary N) is 4. The van der Waals surface area contributed by atoms with Crippen LogP contribution < -0.4 is 40.2 Å². The van der Waals surface area contributed by atoms with Gasteiger partial charge in [-0.05, 0) is 60.7 Å². The lowest BCUT2D eigenvalue weighted by molar-refractivity contribution is 0.0927. The van der Waals surface area contributed by atoms with Crippen LogP contribution >= 0.6 is 0 Å². The van der Waals surface area contributed by atoms with Crippen LogP contribution in [0.3, 0.4) is 0 Å². The highest BCUT2D eigenvalue weighted by Gasteiger charge is 2.13. The van der Waals surface area contributed by atoms with Gasteiger partial charge in [0.25, 0.3) is 23.6 Å². The van der Waals surface area contributed by atoms with Gasteiger partial charge in [0.05, 0.1) is 51.0 Å². The van der Waals surface area contributed by atoms with Gasteiger partial charge >= 0.3 is 0 Å². The maximum Gasteiger partial charge on any atom is 0.252 e. The van der Waals surface area contributed by atoms with Gasteiger partial charge < -0.3 is 40.2 Å². The van der Waals surface area contributed by atoms with Crippen LogP contribution in [0.2, 0.25) is 0 Å². The van der Waals surface area contributed by atoms with Crippen molar-refractivity contribution in [2.45, 2.75) is 0 Å². The lowest BCUT2D eigenvalue weighted by Crippen LogP contribution is -2.34. The van der Waals surface area contributed by atoms with Crippen molar-refractivity contribution >= 4 is 23.6 Å². The van der Waals surface area contributed by atoms with Crippen LogP contribution in [0.5, 0.6) is 23.0 Å². The summed E-state index contributed by atoms with van der Waals surface area (Å²) in [6.07, 6.45) is 2.84. The third kappa shape index (κ3) is 8.96. The summed E-state index contributed by atoms with van der Waals surface area (Å²) in [6, 6.07) is 16.2. The summed E-state index contributed by atoms with van der Waals surface area (Å²) in [5.41, 5.74) is 2.49. The molecule has 0 aliphatic rings. The van der Waals surface area contributed by atoms with Crippen LogP contribution in [-0.2, 0) is 0 Å². The Balaban J connectivity index is 1.19. The fraction of sp³-hybridized carbons (Fsp3) is 0.235. The number of benzene rings is 2. The van der Waals surface area contributed by atoms with Crippen molar-refractivity contribution in [3.63, 3.8) is 0 Å². The van der Waals surface area contributed by atoms with Gasteiger partial charge in [0.2, 0.25) is 0 Å². The fourth-order valence-electron chi connectivity index (χ4n) is 4.43. The molecule has 4 N–H and O–H groups in total. The average molecular weight is 657 g/mol. The van der Waals surface area contributed by atoms with Crippen molar-refractivity contribution in [2.24, 2.45) is 0 Å². The Morgan fingerprint density at radius 3 is 1.06 bits per heavy atom. The molecule has 4 rings (SSSR count). The quantitative estimate of drug-likeness (QED) is 0.139. The molecule has 0 aliphatic heterocycles. The molecule has 0 atom stereocenters. The first-order valence-electron chi connectivity index (χ1n) is 14.8. The minimum atomic E-state index is -0.352. The molecule has 0 fully saturated rings. The Morgan fingerprint density at radius 1 is 0.458 bits per heavy atom. The number of methoxy groups -OCH3 is 4. The highest BCUT2D eigenvalue weighted by Crippen LogP contribution is 2.28. The SMILES string of the molecule is COc1ccc(C(=O)NCCNC(=O)c2ccc(-c3ccc(C(=O)NCCNC(=O)c4ccc(OC)c(OC)c4)cn3)nc2)cc1OC. The van der Waals surface area contributed by atoms with Crippen molar-refractivity contribution in [1.82, 2.24) is 31.2 Å². The molecule has 14 nitrogen and oxygen atoms in total. The van der Waals surface area contributed by atoms with Crippen molar-refractivity contribution in [1.29, 1.82) is 0 Å². The molecular weight excluding hydrogens is 620 g/mol. The van der Waals surface area contributed by atoms with Crippen molar-refractivity contribution in [2.75, 3.05) is 54.6 Å². The summed E-state index contributed by atoms with van der Waals surface area (Å²) in [6.45, 7) is 0.828. The molecule has 2 aromatic carbocycles. The largest absolute Gasteiger partial charge is 0.493 e. The number of carbonyl (C=O) groups excluding carboxylic acids is 4. The molecule has 14 heteroatoms. The molecule has 2 aromatic heterocycles. The second-order valence-corrected chi connectivity index (χ2v) is 10.0. The Kier molecular flexibility index (Phi) is 12.2. The van der Waals surface area contributed by atoms with Crippen LogP contribution in [0, 0.1) is 0 Å². The van der Waals surface area contributed by atoms with Crippen molar-refractivity contribution in [3.05, 3.63) is 95.3 Å². The number of hydrogen-bond acceptors (Lipinski definition) is 10. The zero-order chi connectivity index (χ0) is 34.5. The van der Waals surface area contributed by atoms with E-state index in [1.807, 2.05) is 0 Å². The number of amides is 4. The number of rotatable bonds is 15. The maximum absolute atomic E-state index is 12.6. The van der Waals surface area contributed by atoms with Gasteiger partial charge in [-0.25, -0.2) is 0 Å². The summed E-state index contributed by atoms with van der Waals surface area (Å²) < 4.78 is 20.8. The van der Waals surface area contributed by atoms with E-state index in [1.165, 1.54) is 40.8 Å². The number of ether oxygens (including phenoxy) is 4. The topological polar surface area (TPSA) is 179 Å². The molecule has 48 heavy (non-hydrogen) atoms. The highest BCUT2D eigenvalue weighted by atomic mass is 16.5. The van der Waals surface area contributed by atoms with Crippen LogP contribution in [0.1, 0.15) is 41.4 Å². The van der Waals surface area contributed by atoms with Crippen LogP contribution in [-0.4, -0.2) is 88.2 Å².